The molecular weight excluding hydrogens is 938 g/mol. The number of aliphatic hydroxyl groups is 1. The van der Waals surface area contributed by atoms with Crippen molar-refractivity contribution >= 4 is 43.6 Å². The van der Waals surface area contributed by atoms with Crippen LogP contribution < -0.4 is 58.9 Å². The minimum atomic E-state index is -3.62. The fourth-order valence-electron chi connectivity index (χ4n) is 2.45. The molecule has 0 aromatic heterocycles. The molecule has 1 aliphatic heterocycles. The van der Waals surface area contributed by atoms with Crippen molar-refractivity contribution in [3.05, 3.63) is 118 Å². The van der Waals surface area contributed by atoms with E-state index in [2.05, 4.69) is 13.8 Å². The van der Waals surface area contributed by atoms with Gasteiger partial charge in [0.25, 0.3) is 0 Å². The van der Waals surface area contributed by atoms with Crippen molar-refractivity contribution in [2.75, 3.05) is 6.54 Å². The number of aliphatic hydroxyl groups excluding tert-OH is 1. The number of rotatable bonds is 4. The quantitative estimate of drug-likeness (QED) is 0.356. The monoisotopic (exact) mass is 987 g/mol. The summed E-state index contributed by atoms with van der Waals surface area (Å²) < 4.78 is 49.6. The smallest absolute Gasteiger partial charge is 1.00 e. The van der Waals surface area contributed by atoms with Crippen LogP contribution in [0.3, 0.4) is 0 Å². The molecule has 1 aliphatic rings. The Balaban J connectivity index is -0.0000000274. The molecule has 2 aromatic carbocycles. The second kappa shape index (κ2) is 45.8. The van der Waals surface area contributed by atoms with Gasteiger partial charge in [0.15, 0.2) is 0 Å². The van der Waals surface area contributed by atoms with Crippen molar-refractivity contribution in [1.29, 1.82) is 0 Å². The zero-order chi connectivity index (χ0) is 24.2. The van der Waals surface area contributed by atoms with Crippen LogP contribution in [0, 0.1) is 58.4 Å². The number of hydrogen-bond donors (Lipinski definition) is 1. The van der Waals surface area contributed by atoms with Gasteiger partial charge >= 0.3 is 29.6 Å². The maximum atomic E-state index is 11.0. The average molecular weight is 990 g/mol. The summed E-state index contributed by atoms with van der Waals surface area (Å²) in [5.74, 6) is 0. The molecule has 17 heteroatoms. The molecule has 1 saturated heterocycles. The third-order valence-electron chi connectivity index (χ3n) is 4.28. The van der Waals surface area contributed by atoms with Crippen LogP contribution in [0.1, 0.15) is 51.7 Å². The van der Waals surface area contributed by atoms with Crippen molar-refractivity contribution in [1.82, 2.24) is 0 Å². The first-order valence-electron chi connectivity index (χ1n) is 9.66. The fraction of sp³-hybridized carbons (Fsp3) is 0.357. The van der Waals surface area contributed by atoms with Crippen molar-refractivity contribution in [3.63, 3.8) is 0 Å². The van der Waals surface area contributed by atoms with Crippen LogP contribution in [0.2, 0.25) is 0 Å². The summed E-state index contributed by atoms with van der Waals surface area (Å²) in [6.07, 6.45) is 4.07. The van der Waals surface area contributed by atoms with E-state index in [-0.39, 0.29) is 173 Å². The zero-order valence-electron chi connectivity index (χ0n) is 26.1. The Kier molecular flexibility index (Phi) is 87.4. The topological polar surface area (TPSA) is 131 Å². The molecule has 2 radical (unpaired) electrons. The van der Waals surface area contributed by atoms with E-state index in [0.717, 1.165) is 36.9 Å². The van der Waals surface area contributed by atoms with Crippen molar-refractivity contribution in [3.8, 4) is 0 Å². The first-order chi connectivity index (χ1) is 15.0. The minimum absolute atomic E-state index is 0. The molecule has 0 aliphatic carbocycles. The molecule has 1 unspecified atom stereocenters. The molecule has 1 atom stereocenters. The Morgan fingerprint density at radius 3 is 1.24 bits per heavy atom. The summed E-state index contributed by atoms with van der Waals surface area (Å²) in [6.45, 7) is 4.60. The first kappa shape index (κ1) is 85.9. The number of sulfonamides is 2. The Morgan fingerprint density at radius 1 is 0.689 bits per heavy atom. The van der Waals surface area contributed by atoms with Gasteiger partial charge in [-0.3, -0.25) is 23.6 Å². The van der Waals surface area contributed by atoms with E-state index in [1.807, 2.05) is 13.8 Å². The second-order valence-electron chi connectivity index (χ2n) is 6.95. The second-order valence-corrected chi connectivity index (χ2v) is 10.9. The fourth-order valence-corrected chi connectivity index (χ4v) is 4.04. The van der Waals surface area contributed by atoms with Gasteiger partial charge in [-0.1, -0.05) is 69.5 Å². The maximum Gasteiger partial charge on any atom is 1.00 e. The van der Waals surface area contributed by atoms with E-state index < -0.39 is 20.0 Å². The molecule has 0 spiro atoms. The van der Waals surface area contributed by atoms with Gasteiger partial charge in [0.2, 0.25) is 0 Å². The van der Waals surface area contributed by atoms with E-state index in [4.69, 9.17) is 28.7 Å². The molecule has 1 N–H and O–H groups in total. The molecule has 1 heterocycles. The Labute approximate surface area is 354 Å². The van der Waals surface area contributed by atoms with E-state index >= 15 is 0 Å². The Hall–Kier alpha value is 1.78. The van der Waals surface area contributed by atoms with Crippen molar-refractivity contribution in [2.45, 2.75) is 70.4 Å². The Bertz CT molecular complexity index is 967. The Morgan fingerprint density at radius 2 is 0.978 bits per heavy atom. The average Bonchev–Trinajstić information content (AvgIpc) is 3.03. The van der Waals surface area contributed by atoms with Crippen LogP contribution in [0.25, 0.3) is 13.8 Å². The zero-order valence-corrected chi connectivity index (χ0v) is 36.9. The molecule has 0 bridgehead atoms. The number of aryl methyl sites for hydroxylation is 2. The number of nitrogens with zero attached hydrogens (tertiary/aromatic N) is 3. The van der Waals surface area contributed by atoms with Gasteiger partial charge in [0, 0.05) is 48.7 Å². The van der Waals surface area contributed by atoms with E-state index in [9.17, 15) is 16.8 Å². The molecule has 278 valence electrons. The molecule has 0 saturated carbocycles. The minimum Gasteiger partial charge on any atom is -1.00 e. The van der Waals surface area contributed by atoms with Gasteiger partial charge in [0.05, 0.1) is 0 Å². The molecule has 1 fully saturated rings. The summed E-state index contributed by atoms with van der Waals surface area (Å²) in [6, 6.07) is 12.6. The molecular formula is C28H52BrCl3N3NaO5Rh2S2-10. The third kappa shape index (κ3) is 36.9. The molecule has 0 amide bonds. The van der Waals surface area contributed by atoms with Crippen LogP contribution in [0.4, 0.5) is 0 Å². The number of halogens is 4. The molecule has 45 heavy (non-hydrogen) atoms. The predicted octanol–water partition coefficient (Wildman–Crippen LogP) is 0.656. The SMILES string of the molecule is C.C.Cc1ccc(S(=O)(=O)[N-]Cl)cc1.Cc1ccc(S(=O)(=O)[N-]Cl)cc1.OC1CCCCC[N-]1.[Br-].[CH3-].[CH3-].[CH3-].[CH3-].[CH3-].[CH3-].[Cl-].[Na+].[Rh].[Rh]. The van der Waals surface area contributed by atoms with Crippen LogP contribution >= 0.6 is 23.6 Å². The molecule has 8 nitrogen and oxygen atoms in total. The van der Waals surface area contributed by atoms with Gasteiger partial charge in [-0.05, 0) is 50.8 Å². The third-order valence-corrected chi connectivity index (χ3v) is 7.47. The first-order valence-corrected chi connectivity index (χ1v) is 13.2. The van der Waals surface area contributed by atoms with E-state index in [0.29, 0.717) is 0 Å². The van der Waals surface area contributed by atoms with E-state index in [1.54, 1.807) is 24.3 Å². The largest absolute Gasteiger partial charge is 1.00 e. The van der Waals surface area contributed by atoms with Crippen LogP contribution in [0.5, 0.6) is 0 Å². The van der Waals surface area contributed by atoms with Crippen molar-refractivity contribution in [2.24, 2.45) is 0 Å². The van der Waals surface area contributed by atoms with Gasteiger partial charge in [-0.25, -0.2) is 16.8 Å². The van der Waals surface area contributed by atoms with Gasteiger partial charge in [-0.2, -0.15) is 0 Å². The van der Waals surface area contributed by atoms with Crippen LogP contribution in [-0.2, 0) is 59.0 Å². The number of benzene rings is 2. The van der Waals surface area contributed by atoms with Gasteiger partial charge in [-0.15, -0.1) is 6.54 Å². The van der Waals surface area contributed by atoms with Gasteiger partial charge < -0.3 is 92.9 Å². The standard InChI is InChI=1S/2C7H7ClNO2S.C6H12NO.2CH4.6CH3.BrH.ClH.Na.2Rh/c2*1-6-2-4-7(5-3-6)12(10,11)9-8;8-6-4-2-1-3-5-7-6;;;;;;;;;;;;;/h2*2-5H,1H3;6,8H,1-5H2;2*1H4;6*1H3;2*1H;;;/q3*-1;;;6*-1;;;+1;;/p-2. The maximum absolute atomic E-state index is 11.0. The summed E-state index contributed by atoms with van der Waals surface area (Å²) in [4.78, 5) is 0.228. The summed E-state index contributed by atoms with van der Waals surface area (Å²) in [7, 11) is -7.25. The normalized spacial score (nSPS) is 11.8. The summed E-state index contributed by atoms with van der Waals surface area (Å²) in [5.41, 5.74) is 1.98. The van der Waals surface area contributed by atoms with E-state index in [1.165, 1.54) is 30.7 Å². The summed E-state index contributed by atoms with van der Waals surface area (Å²) in [5, 5.41) is 12.9. The van der Waals surface area contributed by atoms with Crippen LogP contribution in [-0.4, -0.2) is 34.7 Å². The molecule has 2 aromatic rings. The predicted molar refractivity (Wildman–Crippen MR) is 180 cm³/mol. The number of hydrogen-bond acceptors (Lipinski definition) is 5. The van der Waals surface area contributed by atoms with Gasteiger partial charge in [0.1, 0.15) is 20.0 Å². The van der Waals surface area contributed by atoms with Crippen molar-refractivity contribution < 1.29 is 120 Å². The molecule has 3 rings (SSSR count). The van der Waals surface area contributed by atoms with Crippen LogP contribution in [0.15, 0.2) is 58.3 Å². The summed E-state index contributed by atoms with van der Waals surface area (Å²) >= 11 is 9.81.